The molecule has 1 fully saturated rings. The second-order valence-corrected chi connectivity index (χ2v) is 8.37. The summed E-state index contributed by atoms with van der Waals surface area (Å²) in [4.78, 5) is 14.1. The van der Waals surface area contributed by atoms with E-state index in [1.807, 2.05) is 12.1 Å². The monoisotopic (exact) mass is 362 g/mol. The summed E-state index contributed by atoms with van der Waals surface area (Å²) in [5.41, 5.74) is 1.01. The molecule has 6 nitrogen and oxygen atoms in total. The van der Waals surface area contributed by atoms with E-state index in [-0.39, 0.29) is 10.8 Å². The zero-order chi connectivity index (χ0) is 18.4. The van der Waals surface area contributed by atoms with Crippen LogP contribution in [0.2, 0.25) is 0 Å². The van der Waals surface area contributed by atoms with E-state index in [9.17, 15) is 13.2 Å². The van der Waals surface area contributed by atoms with Crippen molar-refractivity contribution in [1.82, 2.24) is 4.90 Å². The summed E-state index contributed by atoms with van der Waals surface area (Å²) in [6.07, 6.45) is 1.14. The first kappa shape index (κ1) is 17.7. The number of amides is 1. The lowest BCUT2D eigenvalue weighted by atomic mass is 10.1. The Bertz CT molecular complexity index is 917. The topological polar surface area (TPSA) is 93.6 Å². The van der Waals surface area contributed by atoms with Crippen LogP contribution in [0.3, 0.4) is 0 Å². The number of carbonyl (C=O) groups excluding carboxylic acids is 1. The van der Waals surface area contributed by atoms with Crippen LogP contribution in [0.1, 0.15) is 46.7 Å². The molecule has 2 aromatic rings. The Balaban J connectivity index is 1.77. The molecule has 1 aromatic carbocycles. The Kier molecular flexibility index (Phi) is 4.47. The van der Waals surface area contributed by atoms with E-state index in [4.69, 9.17) is 9.56 Å². The van der Waals surface area contributed by atoms with Crippen molar-refractivity contribution in [2.45, 2.75) is 37.6 Å². The van der Waals surface area contributed by atoms with Crippen LogP contribution in [-0.2, 0) is 16.6 Å². The fourth-order valence-corrected chi connectivity index (χ4v) is 3.46. The molecule has 7 heteroatoms. The predicted molar refractivity (Wildman–Crippen MR) is 93.6 cm³/mol. The maximum atomic E-state index is 12.7. The minimum Gasteiger partial charge on any atom is -0.464 e. The van der Waals surface area contributed by atoms with Gasteiger partial charge in [-0.1, -0.05) is 13.0 Å². The van der Waals surface area contributed by atoms with Gasteiger partial charge < -0.3 is 9.32 Å². The van der Waals surface area contributed by atoms with E-state index in [0.717, 1.165) is 12.2 Å². The van der Waals surface area contributed by atoms with Gasteiger partial charge in [0.05, 0.1) is 11.4 Å². The fourth-order valence-electron chi connectivity index (χ4n) is 2.92. The molecule has 2 N–H and O–H groups in total. The van der Waals surface area contributed by atoms with E-state index in [0.29, 0.717) is 35.3 Å². The van der Waals surface area contributed by atoms with Crippen LogP contribution < -0.4 is 5.14 Å². The number of carbonyl (C=O) groups is 1. The van der Waals surface area contributed by atoms with Gasteiger partial charge in [-0.2, -0.15) is 0 Å². The van der Waals surface area contributed by atoms with E-state index in [1.165, 1.54) is 17.0 Å². The smallest absolute Gasteiger partial charge is 0.254 e. The van der Waals surface area contributed by atoms with E-state index in [2.05, 4.69) is 6.92 Å². The Hall–Kier alpha value is -2.12. The highest BCUT2D eigenvalue weighted by Crippen LogP contribution is 2.47. The lowest BCUT2D eigenvalue weighted by Gasteiger charge is -2.17. The lowest BCUT2D eigenvalue weighted by molar-refractivity contribution is 0.0774. The van der Waals surface area contributed by atoms with Crippen molar-refractivity contribution in [2.75, 3.05) is 7.05 Å². The second kappa shape index (κ2) is 6.31. The van der Waals surface area contributed by atoms with Gasteiger partial charge in [0.15, 0.2) is 0 Å². The van der Waals surface area contributed by atoms with Gasteiger partial charge in [-0.3, -0.25) is 4.79 Å². The third-order valence-electron chi connectivity index (χ3n) is 4.67. The molecule has 1 amide bonds. The zero-order valence-corrected chi connectivity index (χ0v) is 15.3. The SMILES string of the molecule is Cc1ccc(S(N)(=O)=O)cc1C(=O)N(C)Cc1ccc(C2CC2C)o1. The third-order valence-corrected chi connectivity index (χ3v) is 5.58. The third kappa shape index (κ3) is 3.77. The van der Waals surface area contributed by atoms with Gasteiger partial charge >= 0.3 is 0 Å². The number of benzene rings is 1. The molecule has 1 aliphatic carbocycles. The Morgan fingerprint density at radius 3 is 2.60 bits per heavy atom. The molecule has 0 spiro atoms. The van der Waals surface area contributed by atoms with Gasteiger partial charge in [0, 0.05) is 18.5 Å². The van der Waals surface area contributed by atoms with Gasteiger partial charge in [0.1, 0.15) is 11.5 Å². The van der Waals surface area contributed by atoms with Crippen molar-refractivity contribution in [3.05, 3.63) is 53.0 Å². The van der Waals surface area contributed by atoms with Crippen molar-refractivity contribution in [1.29, 1.82) is 0 Å². The molecule has 25 heavy (non-hydrogen) atoms. The molecule has 1 aromatic heterocycles. The summed E-state index contributed by atoms with van der Waals surface area (Å²) in [6, 6.07) is 8.16. The van der Waals surface area contributed by atoms with E-state index in [1.54, 1.807) is 20.0 Å². The fraction of sp³-hybridized carbons (Fsp3) is 0.389. The van der Waals surface area contributed by atoms with Crippen LogP contribution in [0, 0.1) is 12.8 Å². The lowest BCUT2D eigenvalue weighted by Crippen LogP contribution is -2.27. The molecule has 0 radical (unpaired) electrons. The maximum Gasteiger partial charge on any atom is 0.254 e. The van der Waals surface area contributed by atoms with Crippen LogP contribution >= 0.6 is 0 Å². The summed E-state index contributed by atoms with van der Waals surface area (Å²) in [6.45, 7) is 4.26. The van der Waals surface area contributed by atoms with Gasteiger partial charge in [-0.05, 0) is 49.1 Å². The van der Waals surface area contributed by atoms with Crippen molar-refractivity contribution in [2.24, 2.45) is 11.1 Å². The Morgan fingerprint density at radius 1 is 1.32 bits per heavy atom. The van der Waals surface area contributed by atoms with Crippen molar-refractivity contribution < 1.29 is 17.6 Å². The maximum absolute atomic E-state index is 12.7. The molecule has 3 rings (SSSR count). The standard InChI is InChI=1S/C18H22N2O4S/c1-11-4-6-14(25(19,22)23)9-16(11)18(21)20(3)10-13-5-7-17(24-13)15-8-12(15)2/h4-7,9,12,15H,8,10H2,1-3H3,(H2,19,22,23). The minimum atomic E-state index is -3.85. The summed E-state index contributed by atoms with van der Waals surface area (Å²) < 4.78 is 28.9. The van der Waals surface area contributed by atoms with E-state index < -0.39 is 10.0 Å². The number of primary sulfonamides is 1. The molecule has 1 saturated carbocycles. The highest BCUT2D eigenvalue weighted by atomic mass is 32.2. The average molecular weight is 362 g/mol. The Labute approximate surface area is 147 Å². The molecule has 0 bridgehead atoms. The number of aryl methyl sites for hydroxylation is 1. The first-order chi connectivity index (χ1) is 11.7. The molecule has 0 saturated heterocycles. The van der Waals surface area contributed by atoms with Crippen molar-refractivity contribution >= 4 is 15.9 Å². The highest BCUT2D eigenvalue weighted by Gasteiger charge is 2.36. The van der Waals surface area contributed by atoms with E-state index >= 15 is 0 Å². The number of nitrogens with two attached hydrogens (primary N) is 1. The average Bonchev–Trinajstić information content (AvgIpc) is 3.08. The van der Waals surface area contributed by atoms with Gasteiger partial charge in [-0.15, -0.1) is 0 Å². The Morgan fingerprint density at radius 2 is 2.00 bits per heavy atom. The van der Waals surface area contributed by atoms with Crippen LogP contribution in [0.5, 0.6) is 0 Å². The quantitative estimate of drug-likeness (QED) is 0.885. The molecule has 1 heterocycles. The van der Waals surface area contributed by atoms with Crippen LogP contribution in [0.4, 0.5) is 0 Å². The molecule has 2 atom stereocenters. The van der Waals surface area contributed by atoms with Gasteiger partial charge in [-0.25, -0.2) is 13.6 Å². The number of sulfonamides is 1. The predicted octanol–water partition coefficient (Wildman–Crippen LogP) is 2.63. The first-order valence-electron chi connectivity index (χ1n) is 8.14. The van der Waals surface area contributed by atoms with Crippen LogP contribution in [0.15, 0.2) is 39.6 Å². The van der Waals surface area contributed by atoms with Crippen LogP contribution in [-0.4, -0.2) is 26.3 Å². The molecular weight excluding hydrogens is 340 g/mol. The summed E-state index contributed by atoms with van der Waals surface area (Å²) >= 11 is 0. The molecule has 0 aliphatic heterocycles. The highest BCUT2D eigenvalue weighted by molar-refractivity contribution is 7.89. The second-order valence-electron chi connectivity index (χ2n) is 6.81. The van der Waals surface area contributed by atoms with Crippen LogP contribution in [0.25, 0.3) is 0 Å². The number of furan rings is 1. The zero-order valence-electron chi connectivity index (χ0n) is 14.5. The molecule has 2 unspecified atom stereocenters. The first-order valence-corrected chi connectivity index (χ1v) is 9.69. The minimum absolute atomic E-state index is 0.0714. The molecular formula is C18H22N2O4S. The number of rotatable bonds is 5. The normalized spacial score (nSPS) is 19.7. The summed E-state index contributed by atoms with van der Waals surface area (Å²) in [5.74, 6) is 2.55. The van der Waals surface area contributed by atoms with Gasteiger partial charge in [0.2, 0.25) is 10.0 Å². The molecule has 1 aliphatic rings. The largest absolute Gasteiger partial charge is 0.464 e. The number of hydrogen-bond acceptors (Lipinski definition) is 4. The number of hydrogen-bond donors (Lipinski definition) is 1. The molecule has 134 valence electrons. The number of nitrogens with zero attached hydrogens (tertiary/aromatic N) is 1. The van der Waals surface area contributed by atoms with Gasteiger partial charge in [0.25, 0.3) is 5.91 Å². The van der Waals surface area contributed by atoms with Crippen molar-refractivity contribution in [3.8, 4) is 0 Å². The summed E-state index contributed by atoms with van der Waals surface area (Å²) in [7, 11) is -2.19. The van der Waals surface area contributed by atoms with Crippen molar-refractivity contribution in [3.63, 3.8) is 0 Å². The summed E-state index contributed by atoms with van der Waals surface area (Å²) in [5, 5.41) is 5.16.